The van der Waals surface area contributed by atoms with Gasteiger partial charge >= 0.3 is 0 Å². The Bertz CT molecular complexity index is 516. The molecule has 116 valence electrons. The first kappa shape index (κ1) is 16.0. The second-order valence-electron chi connectivity index (χ2n) is 7.11. The van der Waals surface area contributed by atoms with Crippen molar-refractivity contribution in [3.8, 4) is 0 Å². The fraction of sp³-hybridized carbons (Fsp3) is 0.611. The number of nitrogens with zero attached hydrogens (tertiary/aromatic N) is 1. The third-order valence-corrected chi connectivity index (χ3v) is 4.20. The summed E-state index contributed by atoms with van der Waals surface area (Å²) in [6, 6.07) is 6.22. The van der Waals surface area contributed by atoms with Crippen LogP contribution in [0.5, 0.6) is 0 Å². The third kappa shape index (κ3) is 3.65. The van der Waals surface area contributed by atoms with Crippen molar-refractivity contribution in [2.24, 2.45) is 5.41 Å². The van der Waals surface area contributed by atoms with Crippen LogP contribution in [0.25, 0.3) is 0 Å². The van der Waals surface area contributed by atoms with Crippen LogP contribution in [0, 0.1) is 5.41 Å². The molecule has 0 saturated heterocycles. The van der Waals surface area contributed by atoms with Gasteiger partial charge in [-0.3, -0.25) is 4.79 Å². The molecule has 3 heteroatoms. The van der Waals surface area contributed by atoms with E-state index in [1.165, 1.54) is 11.1 Å². The number of aliphatic hydroxyl groups excluding tert-OH is 1. The van der Waals surface area contributed by atoms with Crippen LogP contribution in [0.3, 0.4) is 0 Å². The second kappa shape index (κ2) is 6.18. The maximum atomic E-state index is 12.1. The third-order valence-electron chi connectivity index (χ3n) is 4.20. The van der Waals surface area contributed by atoms with E-state index in [0.29, 0.717) is 13.0 Å². The zero-order valence-corrected chi connectivity index (χ0v) is 13.6. The average molecular weight is 289 g/mol. The van der Waals surface area contributed by atoms with Crippen molar-refractivity contribution in [2.45, 2.75) is 59.6 Å². The molecule has 1 amide bonds. The van der Waals surface area contributed by atoms with E-state index in [9.17, 15) is 9.90 Å². The Labute approximate surface area is 128 Å². The maximum absolute atomic E-state index is 12.1. The normalized spacial score (nSPS) is 16.5. The van der Waals surface area contributed by atoms with Gasteiger partial charge in [0.05, 0.1) is 6.10 Å². The summed E-state index contributed by atoms with van der Waals surface area (Å²) in [6.45, 7) is 9.63. The van der Waals surface area contributed by atoms with Gasteiger partial charge in [-0.15, -0.1) is 0 Å². The van der Waals surface area contributed by atoms with Crippen LogP contribution in [0.1, 0.15) is 63.3 Å². The van der Waals surface area contributed by atoms with E-state index in [1.807, 2.05) is 38.7 Å². The van der Waals surface area contributed by atoms with Crippen molar-refractivity contribution in [1.29, 1.82) is 0 Å². The smallest absolute Gasteiger partial charge is 0.222 e. The van der Waals surface area contributed by atoms with Gasteiger partial charge in [0.1, 0.15) is 0 Å². The Hall–Kier alpha value is -1.35. The lowest BCUT2D eigenvalue weighted by atomic mass is 9.83. The molecule has 21 heavy (non-hydrogen) atoms. The van der Waals surface area contributed by atoms with Gasteiger partial charge in [0.15, 0.2) is 0 Å². The van der Waals surface area contributed by atoms with Crippen molar-refractivity contribution in [3.05, 3.63) is 34.9 Å². The number of aliphatic hydroxyl groups is 1. The Morgan fingerprint density at radius 2 is 2.05 bits per heavy atom. The predicted molar refractivity (Wildman–Crippen MR) is 84.9 cm³/mol. The number of rotatable bonds is 3. The summed E-state index contributed by atoms with van der Waals surface area (Å²) in [5.41, 5.74) is 3.26. The summed E-state index contributed by atoms with van der Waals surface area (Å²) in [6.07, 6.45) is 1.95. The zero-order valence-electron chi connectivity index (χ0n) is 13.6. The minimum absolute atomic E-state index is 0.180. The van der Waals surface area contributed by atoms with Gasteiger partial charge in [-0.05, 0) is 34.9 Å². The maximum Gasteiger partial charge on any atom is 0.222 e. The van der Waals surface area contributed by atoms with Crippen molar-refractivity contribution >= 4 is 5.91 Å². The number of carbonyl (C=O) groups excluding carboxylic acids is 1. The summed E-state index contributed by atoms with van der Waals surface area (Å²) in [5, 5.41) is 10.4. The van der Waals surface area contributed by atoms with E-state index in [2.05, 4.69) is 12.1 Å². The summed E-state index contributed by atoms with van der Waals surface area (Å²) in [4.78, 5) is 14.0. The van der Waals surface area contributed by atoms with Crippen molar-refractivity contribution in [2.75, 3.05) is 6.54 Å². The van der Waals surface area contributed by atoms with Crippen LogP contribution in [-0.4, -0.2) is 22.5 Å². The van der Waals surface area contributed by atoms with E-state index >= 15 is 0 Å². The van der Waals surface area contributed by atoms with Gasteiger partial charge in [-0.25, -0.2) is 0 Å². The topological polar surface area (TPSA) is 40.5 Å². The Morgan fingerprint density at radius 3 is 2.67 bits per heavy atom. The molecule has 3 nitrogen and oxygen atoms in total. The molecule has 0 bridgehead atoms. The van der Waals surface area contributed by atoms with Gasteiger partial charge in [-0.1, -0.05) is 45.9 Å². The average Bonchev–Trinajstić information content (AvgIpc) is 2.44. The highest BCUT2D eigenvalue weighted by atomic mass is 16.3. The van der Waals surface area contributed by atoms with Gasteiger partial charge in [0, 0.05) is 19.5 Å². The van der Waals surface area contributed by atoms with E-state index < -0.39 is 6.10 Å². The standard InChI is InChI=1S/C18H27NO2/c1-5-6-16(20)19-10-9-13-7-8-14(11-15(13)12-19)17(21)18(2,3)4/h7-8,11,17,21H,5-6,9-10,12H2,1-4H3. The molecular weight excluding hydrogens is 262 g/mol. The fourth-order valence-corrected chi connectivity index (χ4v) is 2.83. The van der Waals surface area contributed by atoms with Crippen LogP contribution < -0.4 is 0 Å². The largest absolute Gasteiger partial charge is 0.388 e. The molecule has 2 rings (SSSR count). The van der Waals surface area contributed by atoms with Crippen LogP contribution in [-0.2, 0) is 17.8 Å². The SMILES string of the molecule is CCCC(=O)N1CCc2ccc(C(O)C(C)(C)C)cc2C1. The number of hydrogen-bond acceptors (Lipinski definition) is 2. The van der Waals surface area contributed by atoms with Gasteiger partial charge < -0.3 is 10.0 Å². The van der Waals surface area contributed by atoms with E-state index in [0.717, 1.165) is 24.9 Å². The molecule has 1 aliphatic heterocycles. The molecule has 0 aromatic heterocycles. The first-order chi connectivity index (χ1) is 9.82. The van der Waals surface area contributed by atoms with Crippen LogP contribution in [0.2, 0.25) is 0 Å². The van der Waals surface area contributed by atoms with Crippen LogP contribution in [0.15, 0.2) is 18.2 Å². The molecular formula is C18H27NO2. The van der Waals surface area contributed by atoms with Crippen molar-refractivity contribution < 1.29 is 9.90 Å². The highest BCUT2D eigenvalue weighted by molar-refractivity contribution is 5.76. The number of benzene rings is 1. The molecule has 0 fully saturated rings. The molecule has 1 atom stereocenters. The Balaban J connectivity index is 2.20. The van der Waals surface area contributed by atoms with Crippen molar-refractivity contribution in [3.63, 3.8) is 0 Å². The van der Waals surface area contributed by atoms with E-state index in [1.54, 1.807) is 0 Å². The molecule has 1 aromatic carbocycles. The van der Waals surface area contributed by atoms with Gasteiger partial charge in [0.25, 0.3) is 0 Å². The van der Waals surface area contributed by atoms with Crippen LogP contribution in [0.4, 0.5) is 0 Å². The number of hydrogen-bond donors (Lipinski definition) is 1. The molecule has 1 aliphatic rings. The summed E-state index contributed by atoms with van der Waals surface area (Å²) >= 11 is 0. The van der Waals surface area contributed by atoms with Gasteiger partial charge in [0.2, 0.25) is 5.91 Å². The minimum atomic E-state index is -0.482. The van der Waals surface area contributed by atoms with Crippen LogP contribution >= 0.6 is 0 Å². The summed E-state index contributed by atoms with van der Waals surface area (Å²) in [7, 11) is 0. The molecule has 0 saturated carbocycles. The molecule has 1 unspecified atom stereocenters. The predicted octanol–water partition coefficient (Wildman–Crippen LogP) is 3.45. The summed E-state index contributed by atoms with van der Waals surface area (Å²) in [5.74, 6) is 0.241. The Morgan fingerprint density at radius 1 is 1.33 bits per heavy atom. The molecule has 1 aromatic rings. The monoisotopic (exact) mass is 289 g/mol. The number of carbonyl (C=O) groups is 1. The lowest BCUT2D eigenvalue weighted by Crippen LogP contribution is -2.35. The summed E-state index contributed by atoms with van der Waals surface area (Å²) < 4.78 is 0. The minimum Gasteiger partial charge on any atom is -0.388 e. The van der Waals surface area contributed by atoms with E-state index in [-0.39, 0.29) is 11.3 Å². The first-order valence-corrected chi connectivity index (χ1v) is 7.90. The highest BCUT2D eigenvalue weighted by Crippen LogP contribution is 2.34. The van der Waals surface area contributed by atoms with E-state index in [4.69, 9.17) is 0 Å². The molecule has 0 aliphatic carbocycles. The Kier molecular flexibility index (Phi) is 4.72. The lowest BCUT2D eigenvalue weighted by molar-refractivity contribution is -0.132. The fourth-order valence-electron chi connectivity index (χ4n) is 2.83. The second-order valence-corrected chi connectivity index (χ2v) is 7.11. The van der Waals surface area contributed by atoms with Crippen molar-refractivity contribution in [1.82, 2.24) is 4.90 Å². The van der Waals surface area contributed by atoms with Gasteiger partial charge in [-0.2, -0.15) is 0 Å². The number of fused-ring (bicyclic) bond motifs is 1. The molecule has 1 N–H and O–H groups in total. The highest BCUT2D eigenvalue weighted by Gasteiger charge is 2.26. The molecule has 0 spiro atoms. The lowest BCUT2D eigenvalue weighted by Gasteiger charge is -2.31. The molecule has 0 radical (unpaired) electrons. The zero-order chi connectivity index (χ0) is 15.6. The quantitative estimate of drug-likeness (QED) is 0.926. The molecule has 1 heterocycles. The number of amides is 1. The first-order valence-electron chi connectivity index (χ1n) is 7.90.